The largest absolute Gasteiger partial charge is 0.480 e. The summed E-state index contributed by atoms with van der Waals surface area (Å²) in [6.07, 6.45) is 3.22. The predicted molar refractivity (Wildman–Crippen MR) is 63.4 cm³/mol. The second kappa shape index (κ2) is 6.83. The predicted octanol–water partition coefficient (Wildman–Crippen LogP) is -0.138. The Bertz CT molecular complexity index is 217. The smallest absolute Gasteiger partial charge is 0.321 e. The molecule has 0 bridgehead atoms. The van der Waals surface area contributed by atoms with Gasteiger partial charge in [0.25, 0.3) is 0 Å². The normalized spacial score (nSPS) is 19.9. The quantitative estimate of drug-likeness (QED) is 0.591. The molecule has 1 atom stereocenters. The summed E-state index contributed by atoms with van der Waals surface area (Å²) in [6, 6.07) is -0.270. The minimum atomic E-state index is -0.907. The van der Waals surface area contributed by atoms with E-state index < -0.39 is 12.0 Å². The molecule has 1 aliphatic rings. The Labute approximate surface area is 97.0 Å². The van der Waals surface area contributed by atoms with E-state index in [0.717, 1.165) is 38.9 Å². The zero-order valence-corrected chi connectivity index (χ0v) is 9.98. The molecule has 1 saturated heterocycles. The maximum absolute atomic E-state index is 10.8. The van der Waals surface area contributed by atoms with Gasteiger partial charge in [0, 0.05) is 12.6 Å². The van der Waals surface area contributed by atoms with Crippen LogP contribution >= 0.6 is 0 Å². The standard InChI is InChI=1S/C11H23N3O2/c1-2-7-14(8-10(12)11(15)16)9-3-5-13-6-4-9/h9-10,13H,2-8,12H2,1H3,(H,15,16). The van der Waals surface area contributed by atoms with E-state index in [1.807, 2.05) is 0 Å². The Morgan fingerprint density at radius 2 is 2.19 bits per heavy atom. The number of rotatable bonds is 6. The van der Waals surface area contributed by atoms with Crippen LogP contribution in [0.5, 0.6) is 0 Å². The fourth-order valence-electron chi connectivity index (χ4n) is 2.21. The van der Waals surface area contributed by atoms with Crippen molar-refractivity contribution in [2.45, 2.75) is 38.3 Å². The fraction of sp³-hybridized carbons (Fsp3) is 0.909. The molecule has 4 N–H and O–H groups in total. The maximum atomic E-state index is 10.8. The highest BCUT2D eigenvalue weighted by atomic mass is 16.4. The van der Waals surface area contributed by atoms with Crippen LogP contribution in [0.1, 0.15) is 26.2 Å². The summed E-state index contributed by atoms with van der Waals surface area (Å²) in [4.78, 5) is 13.0. The molecule has 1 aliphatic heterocycles. The Hall–Kier alpha value is -0.650. The van der Waals surface area contributed by atoms with Crippen LogP contribution in [0.25, 0.3) is 0 Å². The van der Waals surface area contributed by atoms with Crippen molar-refractivity contribution in [3.63, 3.8) is 0 Å². The number of piperidine rings is 1. The van der Waals surface area contributed by atoms with Gasteiger partial charge in [-0.15, -0.1) is 0 Å². The minimum Gasteiger partial charge on any atom is -0.480 e. The van der Waals surface area contributed by atoms with E-state index in [2.05, 4.69) is 17.1 Å². The average molecular weight is 229 g/mol. The van der Waals surface area contributed by atoms with E-state index in [1.54, 1.807) is 0 Å². The van der Waals surface area contributed by atoms with Crippen molar-refractivity contribution >= 4 is 5.97 Å². The van der Waals surface area contributed by atoms with Crippen molar-refractivity contribution in [2.75, 3.05) is 26.2 Å². The van der Waals surface area contributed by atoms with E-state index in [0.29, 0.717) is 12.6 Å². The molecular formula is C11H23N3O2. The zero-order chi connectivity index (χ0) is 12.0. The van der Waals surface area contributed by atoms with Gasteiger partial charge in [-0.25, -0.2) is 0 Å². The summed E-state index contributed by atoms with van der Waals surface area (Å²) in [5, 5.41) is 12.1. The van der Waals surface area contributed by atoms with Crippen molar-refractivity contribution in [2.24, 2.45) is 5.73 Å². The number of carboxylic acids is 1. The van der Waals surface area contributed by atoms with Crippen molar-refractivity contribution in [3.8, 4) is 0 Å². The highest BCUT2D eigenvalue weighted by Gasteiger charge is 2.24. The molecule has 1 heterocycles. The van der Waals surface area contributed by atoms with E-state index >= 15 is 0 Å². The van der Waals surface area contributed by atoms with Crippen LogP contribution in [-0.4, -0.2) is 54.2 Å². The van der Waals surface area contributed by atoms with E-state index in [-0.39, 0.29) is 0 Å². The average Bonchev–Trinajstić information content (AvgIpc) is 2.29. The highest BCUT2D eigenvalue weighted by molar-refractivity contribution is 5.73. The first-order chi connectivity index (χ1) is 7.65. The van der Waals surface area contributed by atoms with Crippen molar-refractivity contribution in [1.29, 1.82) is 0 Å². The van der Waals surface area contributed by atoms with E-state index in [1.165, 1.54) is 0 Å². The molecule has 1 rings (SSSR count). The lowest BCUT2D eigenvalue weighted by molar-refractivity contribution is -0.139. The fourth-order valence-corrected chi connectivity index (χ4v) is 2.21. The topological polar surface area (TPSA) is 78.6 Å². The number of nitrogens with one attached hydrogen (secondary N) is 1. The summed E-state index contributed by atoms with van der Waals surface area (Å²) in [6.45, 7) is 5.56. The molecule has 0 radical (unpaired) electrons. The molecule has 0 saturated carbocycles. The molecule has 0 aromatic carbocycles. The van der Waals surface area contributed by atoms with Crippen LogP contribution in [-0.2, 0) is 4.79 Å². The first-order valence-corrected chi connectivity index (χ1v) is 6.08. The highest BCUT2D eigenvalue weighted by Crippen LogP contribution is 2.12. The lowest BCUT2D eigenvalue weighted by atomic mass is 10.0. The molecule has 0 spiro atoms. The van der Waals surface area contributed by atoms with Gasteiger partial charge in [-0.1, -0.05) is 6.92 Å². The van der Waals surface area contributed by atoms with Crippen LogP contribution in [0.15, 0.2) is 0 Å². The van der Waals surface area contributed by atoms with E-state index in [4.69, 9.17) is 10.8 Å². The second-order valence-corrected chi connectivity index (χ2v) is 4.42. The van der Waals surface area contributed by atoms with Gasteiger partial charge >= 0.3 is 5.97 Å². The zero-order valence-electron chi connectivity index (χ0n) is 9.98. The maximum Gasteiger partial charge on any atom is 0.321 e. The van der Waals surface area contributed by atoms with Gasteiger partial charge in [0.05, 0.1) is 0 Å². The molecule has 5 nitrogen and oxygen atoms in total. The van der Waals surface area contributed by atoms with Gasteiger partial charge in [-0.2, -0.15) is 0 Å². The lowest BCUT2D eigenvalue weighted by Gasteiger charge is -2.35. The first kappa shape index (κ1) is 13.4. The molecule has 94 valence electrons. The number of hydrogen-bond donors (Lipinski definition) is 3. The molecule has 1 fully saturated rings. The molecule has 16 heavy (non-hydrogen) atoms. The van der Waals surface area contributed by atoms with Crippen LogP contribution in [0.2, 0.25) is 0 Å². The third-order valence-electron chi connectivity index (χ3n) is 3.08. The van der Waals surface area contributed by atoms with E-state index in [9.17, 15) is 4.79 Å². The molecule has 0 aromatic rings. The van der Waals surface area contributed by atoms with Crippen LogP contribution in [0.4, 0.5) is 0 Å². The Morgan fingerprint density at radius 3 is 2.69 bits per heavy atom. The Kier molecular flexibility index (Phi) is 5.73. The third-order valence-corrected chi connectivity index (χ3v) is 3.08. The van der Waals surface area contributed by atoms with Crippen molar-refractivity contribution in [1.82, 2.24) is 10.2 Å². The molecule has 5 heteroatoms. The summed E-state index contributed by atoms with van der Waals surface area (Å²) in [5.41, 5.74) is 5.60. The summed E-state index contributed by atoms with van der Waals surface area (Å²) >= 11 is 0. The number of hydrogen-bond acceptors (Lipinski definition) is 4. The van der Waals surface area contributed by atoms with Crippen LogP contribution in [0.3, 0.4) is 0 Å². The number of nitrogens with two attached hydrogens (primary N) is 1. The van der Waals surface area contributed by atoms with Gasteiger partial charge in [0.15, 0.2) is 0 Å². The number of nitrogens with zero attached hydrogens (tertiary/aromatic N) is 1. The Balaban J connectivity index is 2.48. The molecule has 0 aromatic heterocycles. The third kappa shape index (κ3) is 4.08. The van der Waals surface area contributed by atoms with Gasteiger partial charge in [0.1, 0.15) is 6.04 Å². The second-order valence-electron chi connectivity index (χ2n) is 4.42. The van der Waals surface area contributed by atoms with Crippen molar-refractivity contribution in [3.05, 3.63) is 0 Å². The van der Waals surface area contributed by atoms with Crippen LogP contribution < -0.4 is 11.1 Å². The summed E-state index contributed by atoms with van der Waals surface area (Å²) < 4.78 is 0. The van der Waals surface area contributed by atoms with Gasteiger partial charge < -0.3 is 16.2 Å². The number of carbonyl (C=O) groups is 1. The van der Waals surface area contributed by atoms with Gasteiger partial charge in [-0.3, -0.25) is 9.69 Å². The van der Waals surface area contributed by atoms with Gasteiger partial charge in [0.2, 0.25) is 0 Å². The molecule has 1 unspecified atom stereocenters. The Morgan fingerprint density at radius 1 is 1.56 bits per heavy atom. The number of aliphatic carboxylic acids is 1. The minimum absolute atomic E-state index is 0.466. The van der Waals surface area contributed by atoms with Gasteiger partial charge in [-0.05, 0) is 38.9 Å². The van der Waals surface area contributed by atoms with Crippen LogP contribution in [0, 0.1) is 0 Å². The monoisotopic (exact) mass is 229 g/mol. The SMILES string of the molecule is CCCN(CC(N)C(=O)O)C1CCNCC1. The molecule has 0 amide bonds. The summed E-state index contributed by atoms with van der Waals surface area (Å²) in [5.74, 6) is -0.907. The molecular weight excluding hydrogens is 206 g/mol. The number of carboxylic acid groups (broad SMARTS) is 1. The van der Waals surface area contributed by atoms with Crippen molar-refractivity contribution < 1.29 is 9.90 Å². The lowest BCUT2D eigenvalue weighted by Crippen LogP contribution is -2.50. The first-order valence-electron chi connectivity index (χ1n) is 6.08. The summed E-state index contributed by atoms with van der Waals surface area (Å²) in [7, 11) is 0. The molecule has 0 aliphatic carbocycles.